The summed E-state index contributed by atoms with van der Waals surface area (Å²) in [7, 11) is 0. The molecule has 0 spiro atoms. The highest BCUT2D eigenvalue weighted by Crippen LogP contribution is 2.26. The van der Waals surface area contributed by atoms with Crippen LogP contribution in [0.5, 0.6) is 0 Å². The van der Waals surface area contributed by atoms with Crippen molar-refractivity contribution in [2.24, 2.45) is 5.92 Å². The summed E-state index contributed by atoms with van der Waals surface area (Å²) < 4.78 is 1.14. The Morgan fingerprint density at radius 3 is 2.90 bits per heavy atom. The molecule has 0 fully saturated rings. The van der Waals surface area contributed by atoms with Crippen molar-refractivity contribution in [1.29, 1.82) is 0 Å². The molecule has 0 amide bonds. The first-order valence-electron chi connectivity index (χ1n) is 3.27. The Bertz CT molecular complexity index is 174. The standard InChI is InChI=1S/C7H9BrO2/c8-6-3-1-5(2-4-6)7(9)10/h3,5H,1-2,4H2,(H,9,10)/t5-/m1/s1. The maximum atomic E-state index is 10.4. The van der Waals surface area contributed by atoms with Crippen LogP contribution in [0.4, 0.5) is 0 Å². The highest BCUT2D eigenvalue weighted by atomic mass is 79.9. The van der Waals surface area contributed by atoms with Crippen LogP contribution in [0.25, 0.3) is 0 Å². The van der Waals surface area contributed by atoms with E-state index in [0.717, 1.165) is 17.3 Å². The molecular formula is C7H9BrO2. The molecule has 0 aromatic rings. The predicted molar refractivity (Wildman–Crippen MR) is 42.0 cm³/mol. The van der Waals surface area contributed by atoms with E-state index in [0.29, 0.717) is 6.42 Å². The molecule has 2 nitrogen and oxygen atoms in total. The van der Waals surface area contributed by atoms with Crippen LogP contribution in [-0.4, -0.2) is 11.1 Å². The predicted octanol–water partition coefficient (Wildman–Crippen LogP) is 2.15. The summed E-state index contributed by atoms with van der Waals surface area (Å²) in [5.74, 6) is -0.822. The third-order valence-electron chi connectivity index (χ3n) is 1.70. The minimum absolute atomic E-state index is 0.152. The lowest BCUT2D eigenvalue weighted by Crippen LogP contribution is -2.14. The zero-order valence-electron chi connectivity index (χ0n) is 5.51. The SMILES string of the molecule is O=C(O)[C@@H]1CC=C(Br)CC1. The van der Waals surface area contributed by atoms with E-state index in [1.165, 1.54) is 0 Å². The van der Waals surface area contributed by atoms with E-state index in [2.05, 4.69) is 15.9 Å². The van der Waals surface area contributed by atoms with Crippen LogP contribution in [0.3, 0.4) is 0 Å². The van der Waals surface area contributed by atoms with Crippen LogP contribution in [0, 0.1) is 5.92 Å². The number of halogens is 1. The maximum absolute atomic E-state index is 10.4. The number of carbonyl (C=O) groups is 1. The van der Waals surface area contributed by atoms with Gasteiger partial charge in [-0.3, -0.25) is 4.79 Å². The van der Waals surface area contributed by atoms with Gasteiger partial charge in [0.15, 0.2) is 0 Å². The van der Waals surface area contributed by atoms with Crippen LogP contribution in [0.15, 0.2) is 10.6 Å². The number of hydrogen-bond acceptors (Lipinski definition) is 1. The number of hydrogen-bond donors (Lipinski definition) is 1. The van der Waals surface area contributed by atoms with Gasteiger partial charge in [-0.15, -0.1) is 0 Å². The first kappa shape index (κ1) is 7.79. The van der Waals surface area contributed by atoms with Crippen LogP contribution in [0.2, 0.25) is 0 Å². The lowest BCUT2D eigenvalue weighted by molar-refractivity contribution is -0.141. The molecule has 0 saturated carbocycles. The summed E-state index contributed by atoms with van der Waals surface area (Å²) in [6.45, 7) is 0. The summed E-state index contributed by atoms with van der Waals surface area (Å²) in [6.07, 6.45) is 4.27. The van der Waals surface area contributed by atoms with Gasteiger partial charge in [-0.25, -0.2) is 0 Å². The number of carboxylic acids is 1. The maximum Gasteiger partial charge on any atom is 0.306 e. The van der Waals surface area contributed by atoms with E-state index in [1.807, 2.05) is 6.08 Å². The molecule has 10 heavy (non-hydrogen) atoms. The quantitative estimate of drug-likeness (QED) is 0.711. The lowest BCUT2D eigenvalue weighted by atomic mass is 9.95. The Balaban J connectivity index is 2.50. The van der Waals surface area contributed by atoms with Crippen molar-refractivity contribution in [3.8, 4) is 0 Å². The Morgan fingerprint density at radius 1 is 1.80 bits per heavy atom. The van der Waals surface area contributed by atoms with Crippen LogP contribution in [0.1, 0.15) is 19.3 Å². The molecule has 0 unspecified atom stereocenters. The van der Waals surface area contributed by atoms with Crippen molar-refractivity contribution >= 4 is 21.9 Å². The molecule has 56 valence electrons. The van der Waals surface area contributed by atoms with Gasteiger partial charge in [0.05, 0.1) is 5.92 Å². The molecule has 1 N–H and O–H groups in total. The van der Waals surface area contributed by atoms with Gasteiger partial charge in [0, 0.05) is 0 Å². The molecule has 1 aliphatic carbocycles. The van der Waals surface area contributed by atoms with E-state index in [9.17, 15) is 4.79 Å². The topological polar surface area (TPSA) is 37.3 Å². The third-order valence-corrected chi connectivity index (χ3v) is 2.42. The van der Waals surface area contributed by atoms with Gasteiger partial charge in [-0.05, 0) is 23.7 Å². The van der Waals surface area contributed by atoms with Crippen molar-refractivity contribution < 1.29 is 9.90 Å². The largest absolute Gasteiger partial charge is 0.481 e. The number of carboxylic acid groups (broad SMARTS) is 1. The van der Waals surface area contributed by atoms with Gasteiger partial charge >= 0.3 is 5.97 Å². The van der Waals surface area contributed by atoms with E-state index >= 15 is 0 Å². The van der Waals surface area contributed by atoms with Gasteiger partial charge in [0.25, 0.3) is 0 Å². The molecule has 1 rings (SSSR count). The zero-order chi connectivity index (χ0) is 7.56. The molecule has 1 aliphatic rings. The van der Waals surface area contributed by atoms with Crippen LogP contribution >= 0.6 is 15.9 Å². The zero-order valence-corrected chi connectivity index (χ0v) is 7.10. The van der Waals surface area contributed by atoms with E-state index in [1.54, 1.807) is 0 Å². The molecule has 0 aliphatic heterocycles. The van der Waals surface area contributed by atoms with Crippen LogP contribution < -0.4 is 0 Å². The molecule has 0 bridgehead atoms. The minimum Gasteiger partial charge on any atom is -0.481 e. The number of rotatable bonds is 1. The second-order valence-corrected chi connectivity index (χ2v) is 3.48. The average molecular weight is 205 g/mol. The molecular weight excluding hydrogens is 196 g/mol. The van der Waals surface area contributed by atoms with Crippen molar-refractivity contribution in [3.63, 3.8) is 0 Å². The van der Waals surface area contributed by atoms with Gasteiger partial charge in [-0.1, -0.05) is 22.0 Å². The van der Waals surface area contributed by atoms with Crippen molar-refractivity contribution in [2.45, 2.75) is 19.3 Å². The molecule has 0 aromatic carbocycles. The van der Waals surface area contributed by atoms with Crippen LogP contribution in [-0.2, 0) is 4.79 Å². The highest BCUT2D eigenvalue weighted by molar-refractivity contribution is 9.11. The summed E-state index contributed by atoms with van der Waals surface area (Å²) in [5.41, 5.74) is 0. The summed E-state index contributed by atoms with van der Waals surface area (Å²) in [5, 5.41) is 8.58. The molecule has 0 saturated heterocycles. The normalized spacial score (nSPS) is 25.7. The summed E-state index contributed by atoms with van der Waals surface area (Å²) in [6, 6.07) is 0. The van der Waals surface area contributed by atoms with Crippen molar-refractivity contribution in [2.75, 3.05) is 0 Å². The fraction of sp³-hybridized carbons (Fsp3) is 0.571. The fourth-order valence-electron chi connectivity index (χ4n) is 1.03. The van der Waals surface area contributed by atoms with Crippen molar-refractivity contribution in [1.82, 2.24) is 0 Å². The minimum atomic E-state index is -0.670. The Kier molecular flexibility index (Phi) is 2.49. The van der Waals surface area contributed by atoms with E-state index in [-0.39, 0.29) is 5.92 Å². The average Bonchev–Trinajstić information content (AvgIpc) is 1.88. The molecule has 1 atom stereocenters. The lowest BCUT2D eigenvalue weighted by Gasteiger charge is -2.14. The van der Waals surface area contributed by atoms with E-state index in [4.69, 9.17) is 5.11 Å². The van der Waals surface area contributed by atoms with E-state index < -0.39 is 5.97 Å². The number of aliphatic carboxylic acids is 1. The molecule has 0 heterocycles. The number of allylic oxidation sites excluding steroid dienone is 2. The first-order chi connectivity index (χ1) is 4.70. The second-order valence-electron chi connectivity index (χ2n) is 2.46. The van der Waals surface area contributed by atoms with Gasteiger partial charge in [0.2, 0.25) is 0 Å². The Hall–Kier alpha value is -0.310. The monoisotopic (exact) mass is 204 g/mol. The molecule has 3 heteroatoms. The molecule has 0 radical (unpaired) electrons. The van der Waals surface area contributed by atoms with Gasteiger partial charge in [0.1, 0.15) is 0 Å². The first-order valence-corrected chi connectivity index (χ1v) is 4.07. The Morgan fingerprint density at radius 2 is 2.50 bits per heavy atom. The molecule has 0 aromatic heterocycles. The van der Waals surface area contributed by atoms with Gasteiger partial charge < -0.3 is 5.11 Å². The summed E-state index contributed by atoms with van der Waals surface area (Å²) in [4.78, 5) is 10.4. The highest BCUT2D eigenvalue weighted by Gasteiger charge is 2.19. The van der Waals surface area contributed by atoms with Crippen molar-refractivity contribution in [3.05, 3.63) is 10.6 Å². The fourth-order valence-corrected chi connectivity index (χ4v) is 1.44. The smallest absolute Gasteiger partial charge is 0.306 e. The Labute approximate surface area is 68.1 Å². The summed E-state index contributed by atoms with van der Waals surface area (Å²) >= 11 is 3.33. The van der Waals surface area contributed by atoms with Gasteiger partial charge in [-0.2, -0.15) is 0 Å². The third kappa shape index (κ3) is 1.84. The second kappa shape index (κ2) is 3.19.